The number of nitrogens with one attached hydrogen (secondary N) is 1. The lowest BCUT2D eigenvalue weighted by atomic mass is 9.89. The number of benzene rings is 1. The van der Waals surface area contributed by atoms with Gasteiger partial charge in [0.2, 0.25) is 0 Å². The number of nitrogens with two attached hydrogens (primary N) is 1. The molecule has 0 unspecified atom stereocenters. The Morgan fingerprint density at radius 1 is 1.28 bits per heavy atom. The fourth-order valence-corrected chi connectivity index (χ4v) is 2.37. The monoisotopic (exact) mass is 268 g/mol. The highest BCUT2D eigenvalue weighted by Gasteiger charge is 2.27. The maximum absolute atomic E-state index is 12.3. The van der Waals surface area contributed by atoms with E-state index >= 15 is 0 Å². The van der Waals surface area contributed by atoms with Crippen LogP contribution in [-0.4, -0.2) is 11.4 Å². The SMILES string of the molecule is CCC(CC)(CC)NC(=O)c1c(N)cccc1Cl. The van der Waals surface area contributed by atoms with Crippen LogP contribution < -0.4 is 11.1 Å². The van der Waals surface area contributed by atoms with Crippen LogP contribution >= 0.6 is 11.6 Å². The van der Waals surface area contributed by atoms with Gasteiger partial charge < -0.3 is 11.1 Å². The minimum atomic E-state index is -0.191. The van der Waals surface area contributed by atoms with E-state index in [1.807, 2.05) is 0 Å². The summed E-state index contributed by atoms with van der Waals surface area (Å²) in [6.45, 7) is 6.22. The van der Waals surface area contributed by atoms with Crippen molar-refractivity contribution < 1.29 is 4.79 Å². The number of amides is 1. The highest BCUT2D eigenvalue weighted by Crippen LogP contribution is 2.25. The smallest absolute Gasteiger partial charge is 0.255 e. The molecule has 0 atom stereocenters. The molecular weight excluding hydrogens is 248 g/mol. The van der Waals surface area contributed by atoms with Crippen molar-refractivity contribution in [2.24, 2.45) is 0 Å². The average Bonchev–Trinajstić information content (AvgIpc) is 2.36. The number of hydrogen-bond donors (Lipinski definition) is 2. The molecule has 100 valence electrons. The van der Waals surface area contributed by atoms with E-state index in [0.29, 0.717) is 16.3 Å². The maximum Gasteiger partial charge on any atom is 0.255 e. The predicted octanol–water partition coefficient (Wildman–Crippen LogP) is 3.62. The van der Waals surface area contributed by atoms with E-state index in [1.165, 1.54) is 0 Å². The van der Waals surface area contributed by atoms with Gasteiger partial charge in [0.15, 0.2) is 0 Å². The summed E-state index contributed by atoms with van der Waals surface area (Å²) in [5.41, 5.74) is 6.43. The molecule has 0 saturated heterocycles. The summed E-state index contributed by atoms with van der Waals surface area (Å²) in [5.74, 6) is -0.191. The summed E-state index contributed by atoms with van der Waals surface area (Å²) in [5, 5.41) is 3.47. The second-order valence-electron chi connectivity index (χ2n) is 4.50. The van der Waals surface area contributed by atoms with E-state index in [2.05, 4.69) is 26.1 Å². The van der Waals surface area contributed by atoms with Crippen molar-refractivity contribution in [3.63, 3.8) is 0 Å². The molecule has 0 aliphatic heterocycles. The first-order chi connectivity index (χ1) is 8.49. The van der Waals surface area contributed by atoms with Crippen LogP contribution in [0.2, 0.25) is 5.02 Å². The summed E-state index contributed by atoms with van der Waals surface area (Å²) in [7, 11) is 0. The van der Waals surface area contributed by atoms with Crippen LogP contribution in [0.4, 0.5) is 5.69 Å². The van der Waals surface area contributed by atoms with Gasteiger partial charge in [-0.3, -0.25) is 4.79 Å². The van der Waals surface area contributed by atoms with Crippen molar-refractivity contribution in [1.82, 2.24) is 5.32 Å². The maximum atomic E-state index is 12.3. The van der Waals surface area contributed by atoms with Gasteiger partial charge in [-0.25, -0.2) is 0 Å². The summed E-state index contributed by atoms with van der Waals surface area (Å²) >= 11 is 6.04. The standard InChI is InChI=1S/C14H21ClN2O/c1-4-14(5-2,6-3)17-13(18)12-10(15)8-7-9-11(12)16/h7-9H,4-6,16H2,1-3H3,(H,17,18). The van der Waals surface area contributed by atoms with Crippen LogP contribution in [0.5, 0.6) is 0 Å². The minimum Gasteiger partial charge on any atom is -0.398 e. The number of halogens is 1. The highest BCUT2D eigenvalue weighted by molar-refractivity contribution is 6.34. The molecule has 0 heterocycles. The number of nitrogen functional groups attached to an aromatic ring is 1. The Balaban J connectivity index is 3.02. The van der Waals surface area contributed by atoms with E-state index in [4.69, 9.17) is 17.3 Å². The molecule has 0 bridgehead atoms. The van der Waals surface area contributed by atoms with E-state index in [0.717, 1.165) is 19.3 Å². The fourth-order valence-electron chi connectivity index (χ4n) is 2.10. The van der Waals surface area contributed by atoms with E-state index < -0.39 is 0 Å². The summed E-state index contributed by atoms with van der Waals surface area (Å²) in [4.78, 5) is 12.3. The predicted molar refractivity (Wildman–Crippen MR) is 76.9 cm³/mol. The van der Waals surface area contributed by atoms with Crippen LogP contribution in [0.1, 0.15) is 50.4 Å². The van der Waals surface area contributed by atoms with Gasteiger partial charge >= 0.3 is 0 Å². The van der Waals surface area contributed by atoms with E-state index in [9.17, 15) is 4.79 Å². The fraction of sp³-hybridized carbons (Fsp3) is 0.500. The van der Waals surface area contributed by atoms with Crippen LogP contribution in [0.3, 0.4) is 0 Å². The summed E-state index contributed by atoms with van der Waals surface area (Å²) < 4.78 is 0. The largest absolute Gasteiger partial charge is 0.398 e. The molecule has 0 fully saturated rings. The zero-order valence-corrected chi connectivity index (χ0v) is 12.0. The summed E-state index contributed by atoms with van der Waals surface area (Å²) in [6.07, 6.45) is 2.66. The lowest BCUT2D eigenvalue weighted by Crippen LogP contribution is -2.47. The molecule has 0 aliphatic rings. The third kappa shape index (κ3) is 2.96. The van der Waals surface area contributed by atoms with Crippen molar-refractivity contribution in [3.8, 4) is 0 Å². The van der Waals surface area contributed by atoms with E-state index in [1.54, 1.807) is 18.2 Å². The number of carbonyl (C=O) groups is 1. The first-order valence-electron chi connectivity index (χ1n) is 6.36. The Morgan fingerprint density at radius 3 is 2.28 bits per heavy atom. The molecule has 3 nitrogen and oxygen atoms in total. The molecule has 1 amide bonds. The van der Waals surface area contributed by atoms with Crippen molar-refractivity contribution in [2.45, 2.75) is 45.6 Å². The third-order valence-corrected chi connectivity index (χ3v) is 4.00. The van der Waals surface area contributed by atoms with Gasteiger partial charge in [-0.15, -0.1) is 0 Å². The molecule has 3 N–H and O–H groups in total. The lowest BCUT2D eigenvalue weighted by molar-refractivity contribution is 0.0889. The molecule has 0 radical (unpaired) electrons. The van der Waals surface area contributed by atoms with Crippen LogP contribution in [0.25, 0.3) is 0 Å². The summed E-state index contributed by atoms with van der Waals surface area (Å²) in [6, 6.07) is 5.10. The lowest BCUT2D eigenvalue weighted by Gasteiger charge is -2.32. The normalized spacial score (nSPS) is 11.3. The second kappa shape index (κ2) is 6.10. The number of anilines is 1. The van der Waals surface area contributed by atoms with Crippen LogP contribution in [-0.2, 0) is 0 Å². The van der Waals surface area contributed by atoms with Gasteiger partial charge in [-0.1, -0.05) is 38.4 Å². The Hall–Kier alpha value is -1.22. The molecule has 1 aromatic rings. The van der Waals surface area contributed by atoms with Gasteiger partial charge in [0, 0.05) is 11.2 Å². The molecule has 0 saturated carbocycles. The Morgan fingerprint density at radius 2 is 1.83 bits per heavy atom. The average molecular weight is 269 g/mol. The number of hydrogen-bond acceptors (Lipinski definition) is 2. The Bertz CT molecular complexity index is 399. The molecule has 4 heteroatoms. The zero-order chi connectivity index (χ0) is 13.8. The van der Waals surface area contributed by atoms with Gasteiger partial charge in [-0.05, 0) is 31.4 Å². The number of rotatable bonds is 5. The van der Waals surface area contributed by atoms with Gasteiger partial charge in [-0.2, -0.15) is 0 Å². The van der Waals surface area contributed by atoms with Crippen molar-refractivity contribution in [2.75, 3.05) is 5.73 Å². The minimum absolute atomic E-state index is 0.178. The van der Waals surface area contributed by atoms with Gasteiger partial charge in [0.25, 0.3) is 5.91 Å². The molecule has 1 rings (SSSR count). The Kier molecular flexibility index (Phi) is 5.03. The zero-order valence-electron chi connectivity index (χ0n) is 11.2. The molecule has 0 aliphatic carbocycles. The molecule has 1 aromatic carbocycles. The third-order valence-electron chi connectivity index (χ3n) is 3.68. The van der Waals surface area contributed by atoms with Crippen molar-refractivity contribution in [1.29, 1.82) is 0 Å². The first-order valence-corrected chi connectivity index (χ1v) is 6.74. The van der Waals surface area contributed by atoms with E-state index in [-0.39, 0.29) is 11.4 Å². The highest BCUT2D eigenvalue weighted by atomic mass is 35.5. The molecule has 18 heavy (non-hydrogen) atoms. The Labute approximate surface area is 114 Å². The molecule has 0 spiro atoms. The quantitative estimate of drug-likeness (QED) is 0.802. The van der Waals surface area contributed by atoms with Gasteiger partial charge in [0.05, 0.1) is 10.6 Å². The molecule has 0 aromatic heterocycles. The first kappa shape index (κ1) is 14.8. The topological polar surface area (TPSA) is 55.1 Å². The van der Waals surface area contributed by atoms with Crippen LogP contribution in [0.15, 0.2) is 18.2 Å². The second-order valence-corrected chi connectivity index (χ2v) is 4.91. The van der Waals surface area contributed by atoms with Crippen LogP contribution in [0, 0.1) is 0 Å². The number of carbonyl (C=O) groups excluding carboxylic acids is 1. The molecular formula is C14H21ClN2O. The van der Waals surface area contributed by atoms with Crippen molar-refractivity contribution in [3.05, 3.63) is 28.8 Å². The van der Waals surface area contributed by atoms with Gasteiger partial charge in [0.1, 0.15) is 0 Å². The van der Waals surface area contributed by atoms with Crippen molar-refractivity contribution >= 4 is 23.2 Å².